The van der Waals surface area contributed by atoms with E-state index in [0.29, 0.717) is 0 Å². The fraction of sp³-hybridized carbons (Fsp3) is 0.182. The number of nitrogens with two attached hydrogens (primary N) is 1. The van der Waals surface area contributed by atoms with Gasteiger partial charge in [0.15, 0.2) is 11.6 Å². The van der Waals surface area contributed by atoms with Crippen molar-refractivity contribution in [2.45, 2.75) is 13.5 Å². The van der Waals surface area contributed by atoms with Crippen LogP contribution in [-0.4, -0.2) is 18.2 Å². The van der Waals surface area contributed by atoms with Crippen LogP contribution in [0.15, 0.2) is 23.3 Å². The predicted molar refractivity (Wildman–Crippen MR) is 66.4 cm³/mol. The summed E-state index contributed by atoms with van der Waals surface area (Å²) in [4.78, 5) is 0. The van der Waals surface area contributed by atoms with Gasteiger partial charge in [0.1, 0.15) is 6.07 Å². The van der Waals surface area contributed by atoms with Gasteiger partial charge in [0.05, 0.1) is 5.69 Å². The monoisotopic (exact) mass is 267 g/mol. The van der Waals surface area contributed by atoms with Crippen LogP contribution in [0.1, 0.15) is 5.56 Å². The molecule has 0 radical (unpaired) electrons. The number of hydrogen-bond donors (Lipinski definition) is 3. The molecular formula is C11H11F2N5O. The van der Waals surface area contributed by atoms with Crippen LogP contribution in [-0.2, 0) is 0 Å². The summed E-state index contributed by atoms with van der Waals surface area (Å²) in [6.07, 6.45) is 0. The first-order chi connectivity index (χ1) is 8.93. The third kappa shape index (κ3) is 4.23. The van der Waals surface area contributed by atoms with Crippen molar-refractivity contribution in [3.63, 3.8) is 0 Å². The summed E-state index contributed by atoms with van der Waals surface area (Å²) >= 11 is 0. The van der Waals surface area contributed by atoms with E-state index < -0.39 is 12.4 Å². The van der Waals surface area contributed by atoms with Crippen molar-refractivity contribution in [2.75, 3.05) is 5.43 Å². The van der Waals surface area contributed by atoms with Gasteiger partial charge < -0.3 is 10.5 Å². The topological polar surface area (TPSA) is 107 Å². The van der Waals surface area contributed by atoms with Gasteiger partial charge in [-0.1, -0.05) is 6.07 Å². The lowest BCUT2D eigenvalue weighted by Gasteiger charge is -2.10. The van der Waals surface area contributed by atoms with E-state index in [1.165, 1.54) is 12.1 Å². The second-order valence-corrected chi connectivity index (χ2v) is 3.48. The number of amidine groups is 1. The molecule has 19 heavy (non-hydrogen) atoms. The van der Waals surface area contributed by atoms with E-state index in [9.17, 15) is 8.78 Å². The Morgan fingerprint density at radius 2 is 2.26 bits per heavy atom. The van der Waals surface area contributed by atoms with Crippen LogP contribution in [0.3, 0.4) is 0 Å². The molecule has 0 aromatic heterocycles. The van der Waals surface area contributed by atoms with E-state index in [4.69, 9.17) is 16.4 Å². The third-order valence-electron chi connectivity index (χ3n) is 2.00. The molecule has 100 valence electrons. The summed E-state index contributed by atoms with van der Waals surface area (Å²) in [6, 6.07) is 6.10. The number of alkyl halides is 2. The van der Waals surface area contributed by atoms with E-state index in [2.05, 4.69) is 15.3 Å². The lowest BCUT2D eigenvalue weighted by molar-refractivity contribution is -0.0493. The summed E-state index contributed by atoms with van der Waals surface area (Å²) in [5.41, 5.74) is 7.96. The fourth-order valence-corrected chi connectivity index (χ4v) is 1.18. The van der Waals surface area contributed by atoms with Crippen LogP contribution in [0.25, 0.3) is 0 Å². The Bertz CT molecular complexity index is 551. The molecule has 0 atom stereocenters. The van der Waals surface area contributed by atoms with Crippen molar-refractivity contribution in [3.05, 3.63) is 23.8 Å². The molecule has 0 saturated heterocycles. The predicted octanol–water partition coefficient (Wildman–Crippen LogP) is 1.82. The summed E-state index contributed by atoms with van der Waals surface area (Å²) < 4.78 is 28.8. The van der Waals surface area contributed by atoms with Crippen LogP contribution in [0.5, 0.6) is 5.75 Å². The molecule has 0 amide bonds. The quantitative estimate of drug-likeness (QED) is 0.429. The smallest absolute Gasteiger partial charge is 0.387 e. The Morgan fingerprint density at radius 1 is 1.58 bits per heavy atom. The minimum atomic E-state index is -2.98. The number of anilines is 1. The number of rotatable bonds is 5. The highest BCUT2D eigenvalue weighted by Gasteiger charge is 2.10. The van der Waals surface area contributed by atoms with Crippen molar-refractivity contribution in [1.82, 2.24) is 0 Å². The van der Waals surface area contributed by atoms with Gasteiger partial charge in [-0.3, -0.25) is 10.8 Å². The lowest BCUT2D eigenvalue weighted by atomic mass is 10.2. The first-order valence-corrected chi connectivity index (χ1v) is 5.07. The number of ether oxygens (including phenoxy) is 1. The van der Waals surface area contributed by atoms with Gasteiger partial charge in [0.25, 0.3) is 0 Å². The molecular weight excluding hydrogens is 256 g/mol. The Kier molecular flexibility index (Phi) is 4.76. The molecule has 1 rings (SSSR count). The Balaban J connectivity index is 3.01. The first-order valence-electron chi connectivity index (χ1n) is 5.07. The summed E-state index contributed by atoms with van der Waals surface area (Å²) in [6.45, 7) is -1.27. The lowest BCUT2D eigenvalue weighted by Crippen LogP contribution is -2.22. The van der Waals surface area contributed by atoms with Crippen molar-refractivity contribution in [1.29, 1.82) is 10.7 Å². The second kappa shape index (κ2) is 6.30. The number of halogens is 2. The minimum absolute atomic E-state index is 0.111. The summed E-state index contributed by atoms with van der Waals surface area (Å²) in [5.74, 6) is -0.641. The maximum Gasteiger partial charge on any atom is 0.387 e. The van der Waals surface area contributed by atoms with Crippen LogP contribution in [0.2, 0.25) is 0 Å². The molecule has 6 nitrogen and oxygen atoms in total. The zero-order valence-corrected chi connectivity index (χ0v) is 9.95. The molecule has 1 aromatic carbocycles. The van der Waals surface area contributed by atoms with E-state index in [0.717, 1.165) is 5.56 Å². The summed E-state index contributed by atoms with van der Waals surface area (Å²) in [7, 11) is 0. The van der Waals surface area contributed by atoms with E-state index in [-0.39, 0.29) is 17.1 Å². The molecule has 4 N–H and O–H groups in total. The van der Waals surface area contributed by atoms with Crippen LogP contribution < -0.4 is 15.9 Å². The maximum atomic E-state index is 12.2. The highest BCUT2D eigenvalue weighted by atomic mass is 19.3. The third-order valence-corrected chi connectivity index (χ3v) is 2.00. The van der Waals surface area contributed by atoms with E-state index in [1.807, 2.05) is 0 Å². The molecule has 0 heterocycles. The fourth-order valence-electron chi connectivity index (χ4n) is 1.18. The highest BCUT2D eigenvalue weighted by Crippen LogP contribution is 2.27. The van der Waals surface area contributed by atoms with Gasteiger partial charge in [0, 0.05) is 0 Å². The molecule has 0 fully saturated rings. The Morgan fingerprint density at radius 3 is 2.79 bits per heavy atom. The number of nitriles is 1. The standard InChI is InChI=1S/C11H11F2N5O/c1-6-2-3-7(9(4-6)19-11(12)13)17-18-8(5-14)10(15)16/h2-4,11,17H,1H3,(H3,15,16)/b18-8+. The molecule has 0 bridgehead atoms. The minimum Gasteiger partial charge on any atom is -0.433 e. The number of hydrogen-bond acceptors (Lipinski definition) is 5. The van der Waals surface area contributed by atoms with Crippen LogP contribution in [0.4, 0.5) is 14.5 Å². The molecule has 1 aromatic rings. The number of benzene rings is 1. The normalized spacial score (nSPS) is 11.0. The Labute approximate surface area is 108 Å². The van der Waals surface area contributed by atoms with Crippen molar-refractivity contribution in [2.24, 2.45) is 10.8 Å². The molecule has 8 heteroatoms. The molecule has 0 aliphatic heterocycles. The molecule has 0 unspecified atom stereocenters. The Hall–Kier alpha value is -2.69. The second-order valence-electron chi connectivity index (χ2n) is 3.48. The van der Waals surface area contributed by atoms with Crippen LogP contribution >= 0.6 is 0 Å². The van der Waals surface area contributed by atoms with Gasteiger partial charge in [-0.05, 0) is 24.6 Å². The molecule has 0 saturated carbocycles. The molecule has 0 aliphatic rings. The molecule has 0 spiro atoms. The van der Waals surface area contributed by atoms with Gasteiger partial charge in [-0.2, -0.15) is 19.1 Å². The van der Waals surface area contributed by atoms with Gasteiger partial charge in [-0.25, -0.2) is 0 Å². The zero-order valence-electron chi connectivity index (χ0n) is 9.95. The summed E-state index contributed by atoms with van der Waals surface area (Å²) in [5, 5.41) is 19.2. The van der Waals surface area contributed by atoms with Crippen molar-refractivity contribution < 1.29 is 13.5 Å². The van der Waals surface area contributed by atoms with Gasteiger partial charge in [-0.15, -0.1) is 0 Å². The number of aryl methyl sites for hydroxylation is 1. The van der Waals surface area contributed by atoms with E-state index in [1.54, 1.807) is 19.1 Å². The first kappa shape index (κ1) is 14.4. The average molecular weight is 267 g/mol. The molecule has 0 aliphatic carbocycles. The SMILES string of the molecule is Cc1ccc(N/N=C(\C#N)C(=N)N)c(OC(F)F)c1. The van der Waals surface area contributed by atoms with Gasteiger partial charge >= 0.3 is 6.61 Å². The van der Waals surface area contributed by atoms with Gasteiger partial charge in [0.2, 0.25) is 5.71 Å². The number of nitrogens with one attached hydrogen (secondary N) is 2. The van der Waals surface area contributed by atoms with Crippen molar-refractivity contribution in [3.8, 4) is 11.8 Å². The van der Waals surface area contributed by atoms with E-state index >= 15 is 0 Å². The van der Waals surface area contributed by atoms with Crippen LogP contribution in [0, 0.1) is 23.7 Å². The zero-order chi connectivity index (χ0) is 14.4. The number of hydrazone groups is 1. The maximum absolute atomic E-state index is 12.2. The average Bonchev–Trinajstić information content (AvgIpc) is 2.31. The largest absolute Gasteiger partial charge is 0.433 e. The number of nitrogens with zero attached hydrogens (tertiary/aromatic N) is 2. The van der Waals surface area contributed by atoms with Crippen molar-refractivity contribution >= 4 is 17.2 Å². The highest BCUT2D eigenvalue weighted by molar-refractivity contribution is 6.45.